The predicted molar refractivity (Wildman–Crippen MR) is 94.9 cm³/mol. The zero-order chi connectivity index (χ0) is 17.7. The highest BCUT2D eigenvalue weighted by Gasteiger charge is 2.21. The van der Waals surface area contributed by atoms with Gasteiger partial charge in [-0.05, 0) is 51.5 Å². The second-order valence-corrected chi connectivity index (χ2v) is 7.70. The van der Waals surface area contributed by atoms with Gasteiger partial charge in [-0.1, -0.05) is 30.0 Å². The van der Waals surface area contributed by atoms with Crippen LogP contribution in [0.25, 0.3) is 12.2 Å². The van der Waals surface area contributed by atoms with Crippen molar-refractivity contribution in [2.45, 2.75) is 43.6 Å². The summed E-state index contributed by atoms with van der Waals surface area (Å²) in [5, 5.41) is 10.0. The lowest BCUT2D eigenvalue weighted by Crippen LogP contribution is -2.44. The van der Waals surface area contributed by atoms with Gasteiger partial charge in [-0.15, -0.1) is 5.10 Å². The number of rotatable bonds is 5. The third kappa shape index (κ3) is 5.81. The molecule has 0 aliphatic carbocycles. The minimum Gasteiger partial charge on any atom is -0.351 e. The molecule has 0 unspecified atom stereocenters. The first-order chi connectivity index (χ1) is 11.2. The van der Waals surface area contributed by atoms with Crippen molar-refractivity contribution in [3.05, 3.63) is 41.5 Å². The molecule has 1 heterocycles. The van der Waals surface area contributed by atoms with Crippen molar-refractivity contribution in [3.63, 3.8) is 0 Å². The first-order valence-electron chi connectivity index (χ1n) is 7.58. The normalized spacial score (nSPS) is 13.2. The van der Waals surface area contributed by atoms with E-state index in [4.69, 9.17) is 0 Å². The summed E-state index contributed by atoms with van der Waals surface area (Å²) in [4.78, 5) is 16.4. The number of amides is 1. The van der Waals surface area contributed by atoms with Gasteiger partial charge in [0.25, 0.3) is 0 Å². The van der Waals surface area contributed by atoms with Crippen LogP contribution >= 0.6 is 11.8 Å². The monoisotopic (exact) mass is 348 g/mol. The number of carbonyl (C=O) groups excluding carboxylic acids is 1. The van der Waals surface area contributed by atoms with Gasteiger partial charge >= 0.3 is 0 Å². The fourth-order valence-electron chi connectivity index (χ4n) is 1.82. The molecule has 0 fully saturated rings. The maximum absolute atomic E-state index is 12.9. The molecule has 128 valence electrons. The molecule has 2 rings (SSSR count). The molecule has 0 radical (unpaired) electrons. The second kappa shape index (κ2) is 7.61. The second-order valence-electron chi connectivity index (χ2n) is 6.39. The molecule has 2 N–H and O–H groups in total. The molecule has 0 saturated heterocycles. The summed E-state index contributed by atoms with van der Waals surface area (Å²) < 4.78 is 12.9. The van der Waals surface area contributed by atoms with Gasteiger partial charge in [0.15, 0.2) is 0 Å². The van der Waals surface area contributed by atoms with Gasteiger partial charge in [0.2, 0.25) is 11.1 Å². The van der Waals surface area contributed by atoms with Crippen LogP contribution in [0.4, 0.5) is 4.39 Å². The molecule has 0 bridgehead atoms. The van der Waals surface area contributed by atoms with Crippen LogP contribution in [0.1, 0.15) is 39.1 Å². The topological polar surface area (TPSA) is 70.7 Å². The SMILES string of the molecule is C[C@H](Sc1n[nH]c(/C=C/c2ccc(F)cc2)n1)C(=O)NC(C)(C)C. The summed E-state index contributed by atoms with van der Waals surface area (Å²) in [5.41, 5.74) is 0.591. The summed E-state index contributed by atoms with van der Waals surface area (Å²) in [5.74, 6) is 0.249. The van der Waals surface area contributed by atoms with E-state index in [9.17, 15) is 9.18 Å². The van der Waals surface area contributed by atoms with E-state index in [1.807, 2.05) is 33.8 Å². The van der Waals surface area contributed by atoms with Crippen LogP contribution < -0.4 is 5.32 Å². The number of thioether (sulfide) groups is 1. The van der Waals surface area contributed by atoms with Gasteiger partial charge in [-0.25, -0.2) is 9.37 Å². The van der Waals surface area contributed by atoms with E-state index in [1.165, 1.54) is 23.9 Å². The number of H-pyrrole nitrogens is 1. The van der Waals surface area contributed by atoms with Crippen molar-refractivity contribution in [2.75, 3.05) is 0 Å². The highest BCUT2D eigenvalue weighted by atomic mass is 32.2. The van der Waals surface area contributed by atoms with Crippen LogP contribution in [0.3, 0.4) is 0 Å². The molecule has 5 nitrogen and oxygen atoms in total. The first-order valence-corrected chi connectivity index (χ1v) is 8.46. The Balaban J connectivity index is 1.95. The number of nitrogens with one attached hydrogen (secondary N) is 2. The van der Waals surface area contributed by atoms with E-state index in [-0.39, 0.29) is 22.5 Å². The van der Waals surface area contributed by atoms with Crippen LogP contribution in [0.15, 0.2) is 29.4 Å². The van der Waals surface area contributed by atoms with Crippen LogP contribution in [-0.2, 0) is 4.79 Å². The van der Waals surface area contributed by atoms with Crippen molar-refractivity contribution < 1.29 is 9.18 Å². The first kappa shape index (κ1) is 18.2. The van der Waals surface area contributed by atoms with Crippen LogP contribution in [-0.4, -0.2) is 31.9 Å². The average Bonchev–Trinajstić information content (AvgIpc) is 2.92. The highest BCUT2D eigenvalue weighted by molar-refractivity contribution is 8.00. The summed E-state index contributed by atoms with van der Waals surface area (Å²) in [7, 11) is 0. The largest absolute Gasteiger partial charge is 0.351 e. The van der Waals surface area contributed by atoms with E-state index in [2.05, 4.69) is 20.5 Å². The van der Waals surface area contributed by atoms with Crippen LogP contribution in [0.5, 0.6) is 0 Å². The molecular weight excluding hydrogens is 327 g/mol. The number of carbonyl (C=O) groups is 1. The van der Waals surface area contributed by atoms with Gasteiger partial charge < -0.3 is 5.32 Å². The summed E-state index contributed by atoms with van der Waals surface area (Å²) in [6.07, 6.45) is 3.56. The number of halogens is 1. The van der Waals surface area contributed by atoms with Crippen LogP contribution in [0.2, 0.25) is 0 Å². The number of hydrogen-bond donors (Lipinski definition) is 2. The fourth-order valence-corrected chi connectivity index (χ4v) is 2.55. The maximum Gasteiger partial charge on any atom is 0.233 e. The van der Waals surface area contributed by atoms with Crippen molar-refractivity contribution in [2.24, 2.45) is 0 Å². The van der Waals surface area contributed by atoms with E-state index in [0.717, 1.165) is 5.56 Å². The van der Waals surface area contributed by atoms with Gasteiger partial charge in [0.05, 0.1) is 5.25 Å². The molecule has 2 aromatic rings. The third-order valence-electron chi connectivity index (χ3n) is 2.94. The van der Waals surface area contributed by atoms with Crippen LogP contribution in [0, 0.1) is 5.82 Å². The Bertz CT molecular complexity index is 719. The number of hydrogen-bond acceptors (Lipinski definition) is 4. The summed E-state index contributed by atoms with van der Waals surface area (Å²) in [6, 6.07) is 6.15. The lowest BCUT2D eigenvalue weighted by molar-refractivity contribution is -0.121. The minimum absolute atomic E-state index is 0.0549. The Morgan fingerprint density at radius 2 is 1.96 bits per heavy atom. The van der Waals surface area contributed by atoms with Crippen molar-refractivity contribution >= 4 is 29.8 Å². The minimum atomic E-state index is -0.297. The summed E-state index contributed by atoms with van der Waals surface area (Å²) >= 11 is 1.29. The van der Waals surface area contributed by atoms with Crippen molar-refractivity contribution in [3.8, 4) is 0 Å². The van der Waals surface area contributed by atoms with Gasteiger partial charge in [0.1, 0.15) is 11.6 Å². The average molecular weight is 348 g/mol. The number of benzene rings is 1. The molecule has 1 aromatic heterocycles. The Hall–Kier alpha value is -2.15. The zero-order valence-corrected chi connectivity index (χ0v) is 14.9. The summed E-state index contributed by atoms with van der Waals surface area (Å²) in [6.45, 7) is 7.63. The lowest BCUT2D eigenvalue weighted by atomic mass is 10.1. The quantitative estimate of drug-likeness (QED) is 0.811. The fraction of sp³-hybridized carbons (Fsp3) is 0.353. The number of aromatic nitrogens is 3. The molecule has 1 aromatic carbocycles. The van der Waals surface area contributed by atoms with Crippen molar-refractivity contribution in [1.82, 2.24) is 20.5 Å². The Morgan fingerprint density at radius 3 is 2.58 bits per heavy atom. The Kier molecular flexibility index (Phi) is 5.77. The van der Waals surface area contributed by atoms with E-state index in [1.54, 1.807) is 18.2 Å². The third-order valence-corrected chi connectivity index (χ3v) is 3.90. The maximum atomic E-state index is 12.9. The molecule has 0 spiro atoms. The molecule has 7 heteroatoms. The Morgan fingerprint density at radius 1 is 1.29 bits per heavy atom. The zero-order valence-electron chi connectivity index (χ0n) is 14.1. The van der Waals surface area contributed by atoms with Gasteiger partial charge in [-0.3, -0.25) is 9.89 Å². The molecule has 0 aliphatic rings. The molecular formula is C17H21FN4OS. The highest BCUT2D eigenvalue weighted by Crippen LogP contribution is 2.20. The van der Waals surface area contributed by atoms with E-state index in [0.29, 0.717) is 11.0 Å². The number of aromatic amines is 1. The van der Waals surface area contributed by atoms with Gasteiger partial charge in [-0.2, -0.15) is 0 Å². The van der Waals surface area contributed by atoms with Gasteiger partial charge in [0, 0.05) is 5.54 Å². The van der Waals surface area contributed by atoms with E-state index < -0.39 is 0 Å². The molecule has 24 heavy (non-hydrogen) atoms. The number of nitrogens with zero attached hydrogens (tertiary/aromatic N) is 2. The Labute approximate surface area is 145 Å². The van der Waals surface area contributed by atoms with E-state index >= 15 is 0 Å². The lowest BCUT2D eigenvalue weighted by Gasteiger charge is -2.22. The molecule has 0 saturated carbocycles. The molecule has 1 amide bonds. The smallest absolute Gasteiger partial charge is 0.233 e. The predicted octanol–water partition coefficient (Wildman–Crippen LogP) is 3.51. The van der Waals surface area contributed by atoms with Crippen molar-refractivity contribution in [1.29, 1.82) is 0 Å². The molecule has 1 atom stereocenters. The molecule has 0 aliphatic heterocycles. The standard InChI is InChI=1S/C17H21FN4OS/c1-11(15(23)20-17(2,3)4)24-16-19-14(21-22-16)10-7-12-5-8-13(18)9-6-12/h5-11H,1-4H3,(H,20,23)(H,19,21,22)/b10-7+/t11-/m0/s1.